The SMILES string of the molecule is COc1cc(C)cc2c1NCC21CCC1. The molecule has 0 bridgehead atoms. The monoisotopic (exact) mass is 203 g/mol. The zero-order valence-corrected chi connectivity index (χ0v) is 9.39. The van der Waals surface area contributed by atoms with Crippen LogP contribution in [-0.2, 0) is 5.41 Å². The summed E-state index contributed by atoms with van der Waals surface area (Å²) in [5, 5.41) is 3.51. The molecule has 2 heteroatoms. The normalized spacial score (nSPS) is 20.7. The van der Waals surface area contributed by atoms with Gasteiger partial charge in [0.2, 0.25) is 0 Å². The third kappa shape index (κ3) is 1.11. The standard InChI is InChI=1S/C13H17NO/c1-9-6-10-12(11(7-9)15-2)14-8-13(10)4-3-5-13/h6-7,14H,3-5,8H2,1-2H3. The minimum Gasteiger partial charge on any atom is -0.495 e. The van der Waals surface area contributed by atoms with Crippen LogP contribution in [0.4, 0.5) is 5.69 Å². The second-order valence-electron chi connectivity index (χ2n) is 4.88. The van der Waals surface area contributed by atoms with Gasteiger partial charge in [-0.25, -0.2) is 0 Å². The molecule has 0 radical (unpaired) electrons. The predicted octanol–water partition coefficient (Wildman–Crippen LogP) is 2.85. The lowest BCUT2D eigenvalue weighted by atomic mass is 9.65. The van der Waals surface area contributed by atoms with Crippen LogP contribution in [0.15, 0.2) is 12.1 Å². The minimum absolute atomic E-state index is 0.439. The molecular weight excluding hydrogens is 186 g/mol. The van der Waals surface area contributed by atoms with Gasteiger partial charge in [-0.1, -0.05) is 12.5 Å². The van der Waals surface area contributed by atoms with E-state index in [0.29, 0.717) is 5.41 Å². The Balaban J connectivity index is 2.15. The highest BCUT2D eigenvalue weighted by atomic mass is 16.5. The number of fused-ring (bicyclic) bond motifs is 2. The summed E-state index contributed by atoms with van der Waals surface area (Å²) in [4.78, 5) is 0. The molecule has 1 heterocycles. The molecule has 1 fully saturated rings. The first-order chi connectivity index (χ1) is 7.25. The first-order valence-electron chi connectivity index (χ1n) is 5.68. The summed E-state index contributed by atoms with van der Waals surface area (Å²) in [7, 11) is 1.75. The summed E-state index contributed by atoms with van der Waals surface area (Å²) in [6.07, 6.45) is 4.04. The van der Waals surface area contributed by atoms with E-state index in [1.165, 1.54) is 36.1 Å². The number of nitrogens with one attached hydrogen (secondary N) is 1. The Labute approximate surface area is 90.6 Å². The van der Waals surface area contributed by atoms with Crippen LogP contribution in [0.3, 0.4) is 0 Å². The summed E-state index contributed by atoms with van der Waals surface area (Å²) < 4.78 is 5.44. The number of hydrogen-bond acceptors (Lipinski definition) is 2. The van der Waals surface area contributed by atoms with Crippen molar-refractivity contribution < 1.29 is 4.74 Å². The summed E-state index contributed by atoms with van der Waals surface area (Å²) in [5.41, 5.74) is 4.48. The molecule has 1 saturated carbocycles. The number of rotatable bonds is 1. The first-order valence-corrected chi connectivity index (χ1v) is 5.68. The zero-order valence-electron chi connectivity index (χ0n) is 9.39. The molecule has 1 spiro atoms. The van der Waals surface area contributed by atoms with E-state index in [1.807, 2.05) is 0 Å². The summed E-state index contributed by atoms with van der Waals surface area (Å²) in [5.74, 6) is 1.01. The fourth-order valence-electron chi connectivity index (χ4n) is 2.92. The van der Waals surface area contributed by atoms with Crippen molar-refractivity contribution in [3.8, 4) is 5.75 Å². The number of methoxy groups -OCH3 is 1. The van der Waals surface area contributed by atoms with E-state index in [9.17, 15) is 0 Å². The van der Waals surface area contributed by atoms with Gasteiger partial charge in [-0.2, -0.15) is 0 Å². The molecular formula is C13H17NO. The van der Waals surface area contributed by atoms with Gasteiger partial charge in [0.05, 0.1) is 12.8 Å². The van der Waals surface area contributed by atoms with Gasteiger partial charge in [-0.05, 0) is 37.0 Å². The van der Waals surface area contributed by atoms with Crippen molar-refractivity contribution in [2.24, 2.45) is 0 Å². The van der Waals surface area contributed by atoms with Crippen molar-refractivity contribution in [1.82, 2.24) is 0 Å². The fourth-order valence-corrected chi connectivity index (χ4v) is 2.92. The smallest absolute Gasteiger partial charge is 0.142 e. The van der Waals surface area contributed by atoms with Gasteiger partial charge in [-0.15, -0.1) is 0 Å². The van der Waals surface area contributed by atoms with Crippen LogP contribution in [-0.4, -0.2) is 13.7 Å². The van der Waals surface area contributed by atoms with Gasteiger partial charge in [0.25, 0.3) is 0 Å². The number of anilines is 1. The average Bonchev–Trinajstić information content (AvgIpc) is 2.55. The van der Waals surface area contributed by atoms with E-state index in [0.717, 1.165) is 12.3 Å². The van der Waals surface area contributed by atoms with Crippen LogP contribution in [0.1, 0.15) is 30.4 Å². The van der Waals surface area contributed by atoms with Crippen molar-refractivity contribution in [1.29, 1.82) is 0 Å². The second-order valence-corrected chi connectivity index (χ2v) is 4.88. The quantitative estimate of drug-likeness (QED) is 0.757. The molecule has 15 heavy (non-hydrogen) atoms. The van der Waals surface area contributed by atoms with E-state index in [2.05, 4.69) is 24.4 Å². The maximum Gasteiger partial charge on any atom is 0.142 e. The number of hydrogen-bond donors (Lipinski definition) is 1. The molecule has 0 aromatic heterocycles. The third-order valence-electron chi connectivity index (χ3n) is 3.95. The highest BCUT2D eigenvalue weighted by Gasteiger charge is 2.44. The van der Waals surface area contributed by atoms with Gasteiger partial charge < -0.3 is 10.1 Å². The maximum atomic E-state index is 5.44. The van der Waals surface area contributed by atoms with Crippen LogP contribution < -0.4 is 10.1 Å². The lowest BCUT2D eigenvalue weighted by Gasteiger charge is -2.38. The lowest BCUT2D eigenvalue weighted by Crippen LogP contribution is -2.35. The van der Waals surface area contributed by atoms with Crippen molar-refractivity contribution in [3.05, 3.63) is 23.3 Å². The van der Waals surface area contributed by atoms with Crippen molar-refractivity contribution >= 4 is 5.69 Å². The molecule has 2 aliphatic rings. The van der Waals surface area contributed by atoms with E-state index in [1.54, 1.807) is 7.11 Å². The van der Waals surface area contributed by atoms with Crippen LogP contribution in [0, 0.1) is 6.92 Å². The van der Waals surface area contributed by atoms with E-state index in [-0.39, 0.29) is 0 Å². The number of aryl methyl sites for hydroxylation is 1. The Kier molecular flexibility index (Phi) is 1.76. The maximum absolute atomic E-state index is 5.44. The average molecular weight is 203 g/mol. The summed E-state index contributed by atoms with van der Waals surface area (Å²) in [6.45, 7) is 3.25. The van der Waals surface area contributed by atoms with Gasteiger partial charge in [-0.3, -0.25) is 0 Å². The fraction of sp³-hybridized carbons (Fsp3) is 0.538. The molecule has 0 atom stereocenters. The lowest BCUT2D eigenvalue weighted by molar-refractivity contribution is 0.272. The first kappa shape index (κ1) is 9.08. The van der Waals surface area contributed by atoms with E-state index in [4.69, 9.17) is 4.74 Å². The van der Waals surface area contributed by atoms with Crippen molar-refractivity contribution in [2.75, 3.05) is 19.0 Å². The largest absolute Gasteiger partial charge is 0.495 e. The predicted molar refractivity (Wildman–Crippen MR) is 61.7 cm³/mol. The second kappa shape index (κ2) is 2.91. The Morgan fingerprint density at radius 2 is 2.13 bits per heavy atom. The Hall–Kier alpha value is -1.18. The molecule has 80 valence electrons. The molecule has 0 unspecified atom stereocenters. The van der Waals surface area contributed by atoms with Crippen LogP contribution in [0.5, 0.6) is 5.75 Å². The Morgan fingerprint density at radius 1 is 1.33 bits per heavy atom. The van der Waals surface area contributed by atoms with Crippen LogP contribution in [0.25, 0.3) is 0 Å². The molecule has 1 aromatic rings. The molecule has 0 amide bonds. The highest BCUT2D eigenvalue weighted by molar-refractivity contribution is 5.70. The van der Waals surface area contributed by atoms with Gasteiger partial charge in [0.15, 0.2) is 0 Å². The molecule has 1 aliphatic carbocycles. The number of benzene rings is 1. The molecule has 1 aromatic carbocycles. The Morgan fingerprint density at radius 3 is 2.73 bits per heavy atom. The van der Waals surface area contributed by atoms with Crippen LogP contribution >= 0.6 is 0 Å². The van der Waals surface area contributed by atoms with Gasteiger partial charge in [0.1, 0.15) is 5.75 Å². The van der Waals surface area contributed by atoms with Crippen molar-refractivity contribution in [2.45, 2.75) is 31.6 Å². The van der Waals surface area contributed by atoms with E-state index >= 15 is 0 Å². The molecule has 2 nitrogen and oxygen atoms in total. The third-order valence-corrected chi connectivity index (χ3v) is 3.95. The van der Waals surface area contributed by atoms with Gasteiger partial charge in [0, 0.05) is 12.0 Å². The molecule has 0 saturated heterocycles. The zero-order chi connectivity index (χ0) is 10.5. The molecule has 1 aliphatic heterocycles. The minimum atomic E-state index is 0.439. The van der Waals surface area contributed by atoms with Gasteiger partial charge >= 0.3 is 0 Å². The highest BCUT2D eigenvalue weighted by Crippen LogP contribution is 2.52. The molecule has 3 rings (SSSR count). The number of ether oxygens (including phenoxy) is 1. The Bertz CT molecular complexity index is 407. The molecule has 1 N–H and O–H groups in total. The summed E-state index contributed by atoms with van der Waals surface area (Å²) >= 11 is 0. The topological polar surface area (TPSA) is 21.3 Å². The van der Waals surface area contributed by atoms with E-state index < -0.39 is 0 Å². The van der Waals surface area contributed by atoms with Crippen LogP contribution in [0.2, 0.25) is 0 Å². The summed E-state index contributed by atoms with van der Waals surface area (Å²) in [6, 6.07) is 4.44. The van der Waals surface area contributed by atoms with Crippen molar-refractivity contribution in [3.63, 3.8) is 0 Å².